The molecule has 31 heavy (non-hydrogen) atoms. The predicted octanol–water partition coefficient (Wildman–Crippen LogP) is 4.08. The Balaban J connectivity index is 1.41. The van der Waals surface area contributed by atoms with Gasteiger partial charge in [-0.05, 0) is 38.5 Å². The lowest BCUT2D eigenvalue weighted by Crippen LogP contribution is -2.49. The van der Waals surface area contributed by atoms with Crippen LogP contribution in [0.2, 0.25) is 0 Å². The van der Waals surface area contributed by atoms with E-state index in [1.807, 2.05) is 36.1 Å². The molecule has 0 bridgehead atoms. The van der Waals surface area contributed by atoms with Gasteiger partial charge in [0.25, 0.3) is 5.56 Å². The molecule has 1 aromatic heterocycles. The van der Waals surface area contributed by atoms with Crippen molar-refractivity contribution in [3.05, 3.63) is 70.0 Å². The number of thioether (sulfide) groups is 1. The number of carbonyl (C=O) groups excluding carboxylic acids is 1. The Labute approximate surface area is 187 Å². The summed E-state index contributed by atoms with van der Waals surface area (Å²) >= 11 is 1.47. The summed E-state index contributed by atoms with van der Waals surface area (Å²) in [6, 6.07) is 16.1. The summed E-state index contributed by atoms with van der Waals surface area (Å²) in [4.78, 5) is 30.6. The molecule has 3 aromatic rings. The van der Waals surface area contributed by atoms with Crippen molar-refractivity contribution in [2.75, 3.05) is 36.8 Å². The predicted molar refractivity (Wildman–Crippen MR) is 129 cm³/mol. The van der Waals surface area contributed by atoms with Crippen molar-refractivity contribution in [1.29, 1.82) is 0 Å². The zero-order chi connectivity index (χ0) is 22.0. The first-order chi connectivity index (χ1) is 15.0. The number of amides is 1. The molecule has 1 saturated heterocycles. The molecule has 0 saturated carbocycles. The Morgan fingerprint density at radius 2 is 1.74 bits per heavy atom. The number of hydrogen-bond acceptors (Lipinski definition) is 4. The number of para-hydroxylation sites is 1. The Morgan fingerprint density at radius 1 is 1.00 bits per heavy atom. The summed E-state index contributed by atoms with van der Waals surface area (Å²) in [7, 11) is 0. The Hall–Kier alpha value is -2.73. The lowest BCUT2D eigenvalue weighted by molar-refractivity contribution is -0.128. The van der Waals surface area contributed by atoms with Crippen molar-refractivity contribution < 1.29 is 4.79 Å². The van der Waals surface area contributed by atoms with Crippen LogP contribution in [0.5, 0.6) is 0 Å². The highest BCUT2D eigenvalue weighted by molar-refractivity contribution is 8.00. The van der Waals surface area contributed by atoms with E-state index in [1.54, 1.807) is 10.6 Å². The van der Waals surface area contributed by atoms with E-state index in [9.17, 15) is 9.59 Å². The van der Waals surface area contributed by atoms with E-state index in [0.717, 1.165) is 42.0 Å². The maximum atomic E-state index is 12.9. The third kappa shape index (κ3) is 4.49. The average molecular weight is 436 g/mol. The molecule has 1 fully saturated rings. The highest BCUT2D eigenvalue weighted by Gasteiger charge is 2.22. The minimum atomic E-state index is -0.0155. The standard InChI is InChI=1S/C25H29N3O2S/c1-4-28-22-8-6-5-7-20(22)23(16-24(28)29)31-17-25(30)27-13-11-26(12-14-27)21-10-9-18(2)15-19(21)3/h5-10,15-16H,4,11-14,17H2,1-3H3. The third-order valence-corrected chi connectivity index (χ3v) is 7.01. The van der Waals surface area contributed by atoms with Gasteiger partial charge in [0.1, 0.15) is 0 Å². The van der Waals surface area contributed by atoms with E-state index in [1.165, 1.54) is 28.6 Å². The van der Waals surface area contributed by atoms with Crippen LogP contribution in [-0.2, 0) is 11.3 Å². The van der Waals surface area contributed by atoms with Crippen LogP contribution in [0.15, 0.2) is 58.2 Å². The number of aryl methyl sites for hydroxylation is 3. The topological polar surface area (TPSA) is 45.6 Å². The van der Waals surface area contributed by atoms with Gasteiger partial charge in [0.05, 0.1) is 11.3 Å². The summed E-state index contributed by atoms with van der Waals surface area (Å²) in [6.45, 7) is 10.0. The first kappa shape index (κ1) is 21.5. The Bertz CT molecular complexity index is 1160. The van der Waals surface area contributed by atoms with E-state index in [2.05, 4.69) is 36.9 Å². The molecule has 0 unspecified atom stereocenters. The van der Waals surface area contributed by atoms with E-state index < -0.39 is 0 Å². The molecule has 1 aliphatic rings. The SMILES string of the molecule is CCn1c(=O)cc(SCC(=O)N2CCN(c3ccc(C)cc3C)CC2)c2ccccc21. The number of aromatic nitrogens is 1. The second kappa shape index (κ2) is 9.18. The van der Waals surface area contributed by atoms with Crippen LogP contribution in [0, 0.1) is 13.8 Å². The van der Waals surface area contributed by atoms with E-state index in [0.29, 0.717) is 12.3 Å². The zero-order valence-electron chi connectivity index (χ0n) is 18.4. The number of benzene rings is 2. The quantitative estimate of drug-likeness (QED) is 0.567. The molecular weight excluding hydrogens is 406 g/mol. The third-order valence-electron chi connectivity index (χ3n) is 5.97. The van der Waals surface area contributed by atoms with Gasteiger partial charge in [0, 0.05) is 54.8 Å². The van der Waals surface area contributed by atoms with Gasteiger partial charge in [-0.3, -0.25) is 9.59 Å². The summed E-state index contributed by atoms with van der Waals surface area (Å²) in [5.41, 5.74) is 4.72. The fourth-order valence-electron chi connectivity index (χ4n) is 4.34. The molecular formula is C25H29N3O2S. The van der Waals surface area contributed by atoms with E-state index >= 15 is 0 Å². The van der Waals surface area contributed by atoms with Crippen molar-refractivity contribution in [1.82, 2.24) is 9.47 Å². The number of fused-ring (bicyclic) bond motifs is 1. The fourth-order valence-corrected chi connectivity index (χ4v) is 5.31. The maximum Gasteiger partial charge on any atom is 0.252 e. The number of carbonyl (C=O) groups is 1. The van der Waals surface area contributed by atoms with Gasteiger partial charge in [-0.15, -0.1) is 11.8 Å². The van der Waals surface area contributed by atoms with Gasteiger partial charge >= 0.3 is 0 Å². The molecule has 1 amide bonds. The lowest BCUT2D eigenvalue weighted by atomic mass is 10.1. The number of hydrogen-bond donors (Lipinski definition) is 0. The largest absolute Gasteiger partial charge is 0.368 e. The van der Waals surface area contributed by atoms with Gasteiger partial charge < -0.3 is 14.4 Å². The van der Waals surface area contributed by atoms with E-state index in [-0.39, 0.29) is 11.5 Å². The van der Waals surface area contributed by atoms with Crippen LogP contribution in [0.25, 0.3) is 10.9 Å². The van der Waals surface area contributed by atoms with Gasteiger partial charge in [0.2, 0.25) is 5.91 Å². The van der Waals surface area contributed by atoms with Crippen molar-refractivity contribution in [3.63, 3.8) is 0 Å². The summed E-state index contributed by atoms with van der Waals surface area (Å²) in [5.74, 6) is 0.484. The molecule has 0 spiro atoms. The van der Waals surface area contributed by atoms with Crippen molar-refractivity contribution in [2.45, 2.75) is 32.2 Å². The fraction of sp³-hybridized carbons (Fsp3) is 0.360. The van der Waals surface area contributed by atoms with Gasteiger partial charge in [-0.2, -0.15) is 0 Å². The molecule has 5 nitrogen and oxygen atoms in total. The second-order valence-corrected chi connectivity index (χ2v) is 9.07. The number of piperazine rings is 1. The molecule has 2 heterocycles. The van der Waals surface area contributed by atoms with Crippen LogP contribution in [0.3, 0.4) is 0 Å². The number of pyridine rings is 1. The van der Waals surface area contributed by atoms with Crippen LogP contribution >= 0.6 is 11.8 Å². The highest BCUT2D eigenvalue weighted by atomic mass is 32.2. The van der Waals surface area contributed by atoms with Crippen LogP contribution in [0.1, 0.15) is 18.1 Å². The summed E-state index contributed by atoms with van der Waals surface area (Å²) in [5, 5.41) is 1.03. The lowest BCUT2D eigenvalue weighted by Gasteiger charge is -2.37. The molecule has 162 valence electrons. The number of nitrogens with zero attached hydrogens (tertiary/aromatic N) is 3. The summed E-state index contributed by atoms with van der Waals surface area (Å²) in [6.07, 6.45) is 0. The second-order valence-electron chi connectivity index (χ2n) is 8.05. The number of rotatable bonds is 5. The van der Waals surface area contributed by atoms with Crippen molar-refractivity contribution >= 4 is 34.3 Å². The van der Waals surface area contributed by atoms with Crippen molar-refractivity contribution in [3.8, 4) is 0 Å². The van der Waals surface area contributed by atoms with Gasteiger partial charge in [-0.1, -0.05) is 35.9 Å². The maximum absolute atomic E-state index is 12.9. The number of anilines is 1. The van der Waals surface area contributed by atoms with Crippen LogP contribution in [0.4, 0.5) is 5.69 Å². The molecule has 4 rings (SSSR count). The minimum Gasteiger partial charge on any atom is -0.368 e. The smallest absolute Gasteiger partial charge is 0.252 e. The Morgan fingerprint density at radius 3 is 2.45 bits per heavy atom. The van der Waals surface area contributed by atoms with Crippen LogP contribution < -0.4 is 10.5 Å². The van der Waals surface area contributed by atoms with Gasteiger partial charge in [0.15, 0.2) is 0 Å². The monoisotopic (exact) mass is 435 g/mol. The first-order valence-corrected chi connectivity index (χ1v) is 11.8. The molecule has 0 N–H and O–H groups in total. The normalized spacial score (nSPS) is 14.3. The molecule has 0 radical (unpaired) electrons. The molecule has 6 heteroatoms. The molecule has 0 atom stereocenters. The minimum absolute atomic E-state index is 0.0155. The zero-order valence-corrected chi connectivity index (χ0v) is 19.2. The van der Waals surface area contributed by atoms with E-state index in [4.69, 9.17) is 0 Å². The van der Waals surface area contributed by atoms with Gasteiger partial charge in [-0.25, -0.2) is 0 Å². The molecule has 1 aliphatic heterocycles. The summed E-state index contributed by atoms with van der Waals surface area (Å²) < 4.78 is 1.77. The van der Waals surface area contributed by atoms with Crippen molar-refractivity contribution in [2.24, 2.45) is 0 Å². The molecule has 2 aromatic carbocycles. The first-order valence-electron chi connectivity index (χ1n) is 10.8. The Kier molecular flexibility index (Phi) is 6.37. The highest BCUT2D eigenvalue weighted by Crippen LogP contribution is 2.27. The van der Waals surface area contributed by atoms with Crippen LogP contribution in [-0.4, -0.2) is 47.3 Å². The average Bonchev–Trinajstić information content (AvgIpc) is 2.77. The molecule has 0 aliphatic carbocycles.